The molecule has 0 bridgehead atoms. The molecular formula is C11H20N2O6S. The van der Waals surface area contributed by atoms with E-state index in [0.717, 1.165) is 13.5 Å². The average Bonchev–Trinajstić information content (AvgIpc) is 2.99. The molecular weight excluding hydrogens is 288 g/mol. The molecule has 2 rings (SSSR count). The van der Waals surface area contributed by atoms with Crippen molar-refractivity contribution in [1.82, 2.24) is 0 Å². The van der Waals surface area contributed by atoms with Crippen molar-refractivity contribution in [3.05, 3.63) is 0 Å². The standard InChI is InChI=1S/C8H15NO6.C3H5NS/c1-3(11)8(14)7(9)6(13)5(12)4(2-10)15-8;1-2-5-3-4-1/h4-7,10,12-14H,2,9H2,1H3;3H,1-2H2/t4-,5-,6+,7-,8?;/m1./s1. The van der Waals surface area contributed by atoms with E-state index in [9.17, 15) is 20.1 Å². The van der Waals surface area contributed by atoms with Gasteiger partial charge in [0, 0.05) is 19.2 Å². The molecule has 0 spiro atoms. The van der Waals surface area contributed by atoms with Crippen LogP contribution in [0.1, 0.15) is 6.92 Å². The highest BCUT2D eigenvalue weighted by molar-refractivity contribution is 8.12. The fourth-order valence-electron chi connectivity index (χ4n) is 1.77. The minimum Gasteiger partial charge on any atom is -0.394 e. The van der Waals surface area contributed by atoms with Gasteiger partial charge in [-0.05, 0) is 0 Å². The van der Waals surface area contributed by atoms with Gasteiger partial charge < -0.3 is 30.9 Å². The zero-order chi connectivity index (χ0) is 15.3. The number of aliphatic imine (C=N–C) groups is 1. The molecule has 2 heterocycles. The van der Waals surface area contributed by atoms with Crippen LogP contribution in [0.25, 0.3) is 0 Å². The summed E-state index contributed by atoms with van der Waals surface area (Å²) in [4.78, 5) is 15.0. The highest BCUT2D eigenvalue weighted by atomic mass is 32.2. The Balaban J connectivity index is 0.000000333. The van der Waals surface area contributed by atoms with Crippen molar-refractivity contribution < 1.29 is 30.0 Å². The average molecular weight is 308 g/mol. The fraction of sp³-hybridized carbons (Fsp3) is 0.818. The molecule has 2 aliphatic rings. The van der Waals surface area contributed by atoms with E-state index in [1.54, 1.807) is 11.8 Å². The molecule has 2 aliphatic heterocycles. The first-order chi connectivity index (χ1) is 9.34. The maximum atomic E-state index is 11.1. The van der Waals surface area contributed by atoms with Crippen LogP contribution in [-0.4, -0.2) is 80.8 Å². The van der Waals surface area contributed by atoms with Gasteiger partial charge in [0.1, 0.15) is 18.3 Å². The second kappa shape index (κ2) is 7.46. The number of nitrogens with two attached hydrogens (primary N) is 1. The molecule has 5 atom stereocenters. The van der Waals surface area contributed by atoms with Gasteiger partial charge in [0.05, 0.1) is 18.2 Å². The molecule has 1 fully saturated rings. The third-order valence-electron chi connectivity index (χ3n) is 3.05. The number of hydrogen-bond donors (Lipinski definition) is 5. The normalized spacial score (nSPS) is 40.1. The van der Waals surface area contributed by atoms with Gasteiger partial charge >= 0.3 is 0 Å². The van der Waals surface area contributed by atoms with Crippen LogP contribution >= 0.6 is 11.8 Å². The predicted molar refractivity (Wildman–Crippen MR) is 73.4 cm³/mol. The first kappa shape index (κ1) is 17.5. The summed E-state index contributed by atoms with van der Waals surface area (Å²) in [6, 6.07) is -1.45. The lowest BCUT2D eigenvalue weighted by atomic mass is 9.89. The number of nitrogens with zero attached hydrogens (tertiary/aromatic N) is 1. The van der Waals surface area contributed by atoms with E-state index in [2.05, 4.69) is 4.99 Å². The first-order valence-corrected chi connectivity index (χ1v) is 7.13. The molecule has 1 unspecified atom stereocenters. The van der Waals surface area contributed by atoms with Crippen LogP contribution in [-0.2, 0) is 9.53 Å². The van der Waals surface area contributed by atoms with Crippen molar-refractivity contribution in [2.45, 2.75) is 37.1 Å². The molecule has 20 heavy (non-hydrogen) atoms. The van der Waals surface area contributed by atoms with Gasteiger partial charge in [-0.2, -0.15) is 0 Å². The molecule has 116 valence electrons. The van der Waals surface area contributed by atoms with E-state index in [-0.39, 0.29) is 0 Å². The van der Waals surface area contributed by atoms with Crippen LogP contribution in [0.4, 0.5) is 0 Å². The van der Waals surface area contributed by atoms with Crippen LogP contribution in [0.3, 0.4) is 0 Å². The molecule has 0 aromatic heterocycles. The maximum Gasteiger partial charge on any atom is 0.244 e. The quantitative estimate of drug-likeness (QED) is 0.375. The predicted octanol–water partition coefficient (Wildman–Crippen LogP) is -2.53. The van der Waals surface area contributed by atoms with Gasteiger partial charge in [-0.25, -0.2) is 0 Å². The Labute approximate surface area is 120 Å². The Hall–Kier alpha value is -0.550. The molecule has 1 saturated heterocycles. The van der Waals surface area contributed by atoms with E-state index in [4.69, 9.17) is 15.6 Å². The lowest BCUT2D eigenvalue weighted by Crippen LogP contribution is -2.70. The lowest BCUT2D eigenvalue weighted by Gasteiger charge is -2.44. The Morgan fingerprint density at radius 2 is 2.20 bits per heavy atom. The van der Waals surface area contributed by atoms with Gasteiger partial charge in [0.2, 0.25) is 5.79 Å². The Bertz CT molecular complexity index is 361. The van der Waals surface area contributed by atoms with Crippen molar-refractivity contribution in [3.8, 4) is 0 Å². The monoisotopic (exact) mass is 308 g/mol. The first-order valence-electron chi connectivity index (χ1n) is 6.08. The number of ether oxygens (including phenoxy) is 1. The number of carbonyl (C=O) groups is 1. The highest BCUT2D eigenvalue weighted by Gasteiger charge is 2.54. The van der Waals surface area contributed by atoms with Crippen molar-refractivity contribution in [2.24, 2.45) is 10.7 Å². The van der Waals surface area contributed by atoms with Crippen LogP contribution < -0.4 is 5.73 Å². The Morgan fingerprint density at radius 3 is 2.55 bits per heavy atom. The molecule has 0 aromatic carbocycles. The topological polar surface area (TPSA) is 146 Å². The number of carbonyl (C=O) groups excluding carboxylic acids is 1. The third-order valence-corrected chi connectivity index (χ3v) is 3.77. The van der Waals surface area contributed by atoms with E-state index >= 15 is 0 Å². The molecule has 0 saturated carbocycles. The zero-order valence-corrected chi connectivity index (χ0v) is 11.9. The van der Waals surface area contributed by atoms with Gasteiger partial charge in [0.15, 0.2) is 5.78 Å². The number of aliphatic hydroxyl groups excluding tert-OH is 3. The van der Waals surface area contributed by atoms with E-state index < -0.39 is 42.5 Å². The van der Waals surface area contributed by atoms with Crippen LogP contribution in [0.15, 0.2) is 4.99 Å². The SMILES string of the molecule is C1=NCCS1.CC(=O)C1(O)O[C@H](CO)[C@@H](O)[C@H](O)[C@H]1N. The van der Waals surface area contributed by atoms with Crippen LogP contribution in [0.5, 0.6) is 0 Å². The summed E-state index contributed by atoms with van der Waals surface area (Å²) in [7, 11) is 0. The number of hydrogen-bond acceptors (Lipinski definition) is 9. The van der Waals surface area contributed by atoms with Crippen LogP contribution in [0.2, 0.25) is 0 Å². The molecule has 8 nitrogen and oxygen atoms in total. The minimum absolute atomic E-state index is 0.638. The van der Waals surface area contributed by atoms with Crippen molar-refractivity contribution >= 4 is 23.1 Å². The molecule has 9 heteroatoms. The molecule has 0 amide bonds. The summed E-state index contributed by atoms with van der Waals surface area (Å²) < 4.78 is 4.80. The molecule has 0 aliphatic carbocycles. The number of thioether (sulfide) groups is 1. The summed E-state index contributed by atoms with van der Waals surface area (Å²) in [6.07, 6.45) is -4.22. The van der Waals surface area contributed by atoms with Gasteiger partial charge in [-0.1, -0.05) is 0 Å². The van der Waals surface area contributed by atoms with Gasteiger partial charge in [-0.15, -0.1) is 11.8 Å². The summed E-state index contributed by atoms with van der Waals surface area (Å²) in [5.41, 5.74) is 7.28. The number of ketones is 1. The third kappa shape index (κ3) is 3.76. The van der Waals surface area contributed by atoms with Crippen molar-refractivity contribution in [1.29, 1.82) is 0 Å². The largest absolute Gasteiger partial charge is 0.394 e. The number of rotatable bonds is 2. The summed E-state index contributed by atoms with van der Waals surface area (Å²) in [5, 5.41) is 37.4. The zero-order valence-electron chi connectivity index (χ0n) is 11.0. The molecule has 0 radical (unpaired) electrons. The lowest BCUT2D eigenvalue weighted by molar-refractivity contribution is -0.296. The summed E-state index contributed by atoms with van der Waals surface area (Å²) in [6.45, 7) is 1.43. The van der Waals surface area contributed by atoms with Crippen LogP contribution in [0, 0.1) is 0 Å². The molecule has 0 aromatic rings. The smallest absolute Gasteiger partial charge is 0.244 e. The Kier molecular flexibility index (Phi) is 6.52. The number of aliphatic hydroxyl groups is 4. The number of Topliss-reactive ketones (excluding diaryl/α,β-unsaturated/α-hetero) is 1. The van der Waals surface area contributed by atoms with E-state index in [1.807, 2.05) is 5.55 Å². The van der Waals surface area contributed by atoms with Crippen molar-refractivity contribution in [2.75, 3.05) is 18.9 Å². The maximum absolute atomic E-state index is 11.1. The van der Waals surface area contributed by atoms with Gasteiger partial charge in [0.25, 0.3) is 0 Å². The fourth-order valence-corrected chi connectivity index (χ4v) is 2.30. The van der Waals surface area contributed by atoms with E-state index in [0.29, 0.717) is 0 Å². The molecule has 6 N–H and O–H groups in total. The summed E-state index contributed by atoms with van der Waals surface area (Å²) >= 11 is 1.78. The second-order valence-electron chi connectivity index (χ2n) is 4.48. The minimum atomic E-state index is -2.37. The Morgan fingerprint density at radius 1 is 1.55 bits per heavy atom. The second-order valence-corrected chi connectivity index (χ2v) is 5.43. The van der Waals surface area contributed by atoms with Crippen molar-refractivity contribution in [3.63, 3.8) is 0 Å². The van der Waals surface area contributed by atoms with Gasteiger partial charge in [-0.3, -0.25) is 9.79 Å². The highest BCUT2D eigenvalue weighted by Crippen LogP contribution is 2.27. The van der Waals surface area contributed by atoms with E-state index in [1.165, 1.54) is 5.75 Å². The summed E-state index contributed by atoms with van der Waals surface area (Å²) in [5.74, 6) is -1.97.